The van der Waals surface area contributed by atoms with E-state index in [0.29, 0.717) is 12.0 Å². The number of aliphatic carboxylic acids is 1. The Hall–Kier alpha value is -4.64. The maximum Gasteiger partial charge on any atom is 0.320 e. The van der Waals surface area contributed by atoms with Gasteiger partial charge in [-0.15, -0.1) is 0 Å². The topological polar surface area (TPSA) is 159 Å². The lowest BCUT2D eigenvalue weighted by molar-refractivity contribution is -0.384. The second-order valence-electron chi connectivity index (χ2n) is 10.2. The van der Waals surface area contributed by atoms with Crippen LogP contribution in [-0.2, 0) is 16.1 Å². The molecule has 40 heavy (non-hydrogen) atoms. The summed E-state index contributed by atoms with van der Waals surface area (Å²) < 4.78 is 0. The minimum absolute atomic E-state index is 0.0257. The van der Waals surface area contributed by atoms with Gasteiger partial charge < -0.3 is 10.4 Å². The highest BCUT2D eigenvalue weighted by molar-refractivity contribution is 6.23. The number of hydrogen-bond donors (Lipinski definition) is 3. The van der Waals surface area contributed by atoms with Crippen molar-refractivity contribution in [1.82, 2.24) is 15.5 Å². The molecule has 1 aliphatic rings. The number of benzene rings is 3. The first-order valence-corrected chi connectivity index (χ1v) is 12.9. The molecule has 0 saturated heterocycles. The Labute approximate surface area is 230 Å². The van der Waals surface area contributed by atoms with E-state index in [4.69, 9.17) is 0 Å². The zero-order valence-electron chi connectivity index (χ0n) is 22.1. The average Bonchev–Trinajstić information content (AvgIpc) is 3.15. The quantitative estimate of drug-likeness (QED) is 0.177. The average molecular weight is 547 g/mol. The fourth-order valence-corrected chi connectivity index (χ4v) is 4.77. The number of carboxylic acid groups (broad SMARTS) is 1. The number of non-ortho nitro benzene ring substituents is 1. The maximum atomic E-state index is 13.0. The third-order valence-electron chi connectivity index (χ3n) is 6.79. The van der Waals surface area contributed by atoms with Gasteiger partial charge in [0.25, 0.3) is 17.5 Å². The van der Waals surface area contributed by atoms with Gasteiger partial charge in [-0.25, -0.2) is 0 Å². The van der Waals surface area contributed by atoms with Gasteiger partial charge in [0.1, 0.15) is 6.04 Å². The standard InChI is InChI=1S/C29H30N4O7/c1-17(2)12-25(26(34)30-16-18-6-5-9-21(13-18)33(39)40)31-24(29(37)38)10-11-32-27(35)22-14-19-7-3-4-8-20(19)15-23(22)28(32)36/h3-9,13-15,17,24-25,31H,10-12,16H2,1-2H3,(H,30,34)(H,37,38)/t24-,25?/m1/s1. The number of fused-ring (bicyclic) bond motifs is 2. The fourth-order valence-electron chi connectivity index (χ4n) is 4.77. The third-order valence-corrected chi connectivity index (χ3v) is 6.79. The van der Waals surface area contributed by atoms with E-state index in [1.807, 2.05) is 38.1 Å². The van der Waals surface area contributed by atoms with E-state index >= 15 is 0 Å². The summed E-state index contributed by atoms with van der Waals surface area (Å²) in [6.45, 7) is 3.66. The number of carbonyl (C=O) groups is 4. The van der Waals surface area contributed by atoms with Crippen molar-refractivity contribution in [2.24, 2.45) is 5.92 Å². The van der Waals surface area contributed by atoms with Crippen LogP contribution in [-0.4, -0.2) is 57.2 Å². The van der Waals surface area contributed by atoms with Crippen LogP contribution >= 0.6 is 0 Å². The molecule has 11 heteroatoms. The smallest absolute Gasteiger partial charge is 0.320 e. The summed E-state index contributed by atoms with van der Waals surface area (Å²) in [5.41, 5.74) is 0.984. The molecule has 0 aromatic heterocycles. The lowest BCUT2D eigenvalue weighted by atomic mass is 10.0. The largest absolute Gasteiger partial charge is 0.480 e. The maximum absolute atomic E-state index is 13.0. The van der Waals surface area contributed by atoms with E-state index in [2.05, 4.69) is 10.6 Å². The molecule has 0 saturated carbocycles. The molecule has 0 radical (unpaired) electrons. The number of nitrogens with zero attached hydrogens (tertiary/aromatic N) is 2. The van der Waals surface area contributed by atoms with Crippen LogP contribution in [0.15, 0.2) is 60.7 Å². The summed E-state index contributed by atoms with van der Waals surface area (Å²) in [6.07, 6.45) is 0.219. The van der Waals surface area contributed by atoms with Crippen molar-refractivity contribution in [3.63, 3.8) is 0 Å². The molecule has 0 aliphatic carbocycles. The van der Waals surface area contributed by atoms with Crippen molar-refractivity contribution in [3.8, 4) is 0 Å². The molecule has 3 aromatic carbocycles. The molecule has 2 atom stereocenters. The summed E-state index contributed by atoms with van der Waals surface area (Å²) in [5.74, 6) is -2.60. The van der Waals surface area contributed by atoms with E-state index in [1.165, 1.54) is 18.2 Å². The van der Waals surface area contributed by atoms with E-state index in [9.17, 15) is 34.4 Å². The predicted molar refractivity (Wildman–Crippen MR) is 147 cm³/mol. The van der Waals surface area contributed by atoms with Gasteiger partial charge in [0.05, 0.1) is 22.1 Å². The van der Waals surface area contributed by atoms with Crippen molar-refractivity contribution in [3.05, 3.63) is 87.5 Å². The highest BCUT2D eigenvalue weighted by Gasteiger charge is 2.37. The van der Waals surface area contributed by atoms with Gasteiger partial charge in [0.2, 0.25) is 5.91 Å². The molecule has 11 nitrogen and oxygen atoms in total. The van der Waals surface area contributed by atoms with Crippen molar-refractivity contribution in [1.29, 1.82) is 0 Å². The SMILES string of the molecule is CC(C)CC(N[C@H](CCN1C(=O)c2cc3ccccc3cc2C1=O)C(=O)O)C(=O)NCc1cccc([N+](=O)[O-])c1. The Bertz CT molecular complexity index is 1430. The number of amides is 3. The van der Waals surface area contributed by atoms with Crippen molar-refractivity contribution in [2.45, 2.75) is 45.3 Å². The van der Waals surface area contributed by atoms with Gasteiger partial charge in [-0.3, -0.25) is 39.5 Å². The van der Waals surface area contributed by atoms with E-state index in [-0.39, 0.29) is 42.2 Å². The molecule has 0 fully saturated rings. The number of carbonyl (C=O) groups excluding carboxylic acids is 3. The number of nitro groups is 1. The van der Waals surface area contributed by atoms with Crippen LogP contribution in [0.3, 0.4) is 0 Å². The van der Waals surface area contributed by atoms with Crippen LogP contribution in [0.25, 0.3) is 10.8 Å². The number of nitro benzene ring substituents is 1. The van der Waals surface area contributed by atoms with Crippen LogP contribution in [0, 0.1) is 16.0 Å². The third kappa shape index (κ3) is 6.32. The van der Waals surface area contributed by atoms with Crippen LogP contribution in [0.1, 0.15) is 53.0 Å². The van der Waals surface area contributed by atoms with Crippen LogP contribution in [0.4, 0.5) is 5.69 Å². The Morgan fingerprint density at radius 2 is 1.57 bits per heavy atom. The van der Waals surface area contributed by atoms with Crippen molar-refractivity contribution >= 4 is 40.2 Å². The summed E-state index contributed by atoms with van der Waals surface area (Å²) >= 11 is 0. The van der Waals surface area contributed by atoms with E-state index in [1.54, 1.807) is 18.2 Å². The Morgan fingerprint density at radius 1 is 0.950 bits per heavy atom. The molecule has 0 bridgehead atoms. The zero-order chi connectivity index (χ0) is 29.0. The van der Waals surface area contributed by atoms with Gasteiger partial charge in [-0.2, -0.15) is 0 Å². The van der Waals surface area contributed by atoms with E-state index in [0.717, 1.165) is 15.7 Å². The molecule has 3 aromatic rings. The van der Waals surface area contributed by atoms with Crippen LogP contribution in [0.2, 0.25) is 0 Å². The predicted octanol–water partition coefficient (Wildman–Crippen LogP) is 3.51. The van der Waals surface area contributed by atoms with Crippen molar-refractivity contribution in [2.75, 3.05) is 6.54 Å². The normalized spacial score (nSPS) is 14.3. The summed E-state index contributed by atoms with van der Waals surface area (Å²) in [4.78, 5) is 62.8. The highest BCUT2D eigenvalue weighted by atomic mass is 16.6. The van der Waals surface area contributed by atoms with Gasteiger partial charge >= 0.3 is 5.97 Å². The van der Waals surface area contributed by atoms with Gasteiger partial charge in [0, 0.05) is 25.2 Å². The van der Waals surface area contributed by atoms with Gasteiger partial charge in [-0.1, -0.05) is 50.2 Å². The zero-order valence-corrected chi connectivity index (χ0v) is 22.1. The Balaban J connectivity index is 1.43. The Morgan fingerprint density at radius 3 is 2.12 bits per heavy atom. The number of nitrogens with one attached hydrogen (secondary N) is 2. The Kier molecular flexibility index (Phi) is 8.54. The molecule has 1 aliphatic heterocycles. The molecule has 1 unspecified atom stereocenters. The van der Waals surface area contributed by atoms with Gasteiger partial charge in [0.15, 0.2) is 0 Å². The molecule has 1 heterocycles. The van der Waals surface area contributed by atoms with Gasteiger partial charge in [-0.05, 0) is 47.2 Å². The lowest BCUT2D eigenvalue weighted by Crippen LogP contribution is -2.52. The number of hydrogen-bond acceptors (Lipinski definition) is 7. The molecular formula is C29H30N4O7. The first-order chi connectivity index (χ1) is 19.0. The fraction of sp³-hybridized carbons (Fsp3) is 0.310. The lowest BCUT2D eigenvalue weighted by Gasteiger charge is -2.25. The first-order valence-electron chi connectivity index (χ1n) is 12.9. The molecule has 208 valence electrons. The van der Waals surface area contributed by atoms with E-state index < -0.39 is 40.7 Å². The number of imide groups is 1. The monoisotopic (exact) mass is 546 g/mol. The number of carboxylic acids is 1. The highest BCUT2D eigenvalue weighted by Crippen LogP contribution is 2.28. The minimum atomic E-state index is -1.22. The molecule has 4 rings (SSSR count). The minimum Gasteiger partial charge on any atom is -0.480 e. The summed E-state index contributed by atoms with van der Waals surface area (Å²) in [6, 6.07) is 14.5. The van der Waals surface area contributed by atoms with Crippen molar-refractivity contribution < 1.29 is 29.2 Å². The van der Waals surface area contributed by atoms with Crippen LogP contribution < -0.4 is 10.6 Å². The number of rotatable bonds is 12. The molecular weight excluding hydrogens is 516 g/mol. The van der Waals surface area contributed by atoms with Crippen LogP contribution in [0.5, 0.6) is 0 Å². The second-order valence-corrected chi connectivity index (χ2v) is 10.2. The molecule has 3 N–H and O–H groups in total. The first kappa shape index (κ1) is 28.4. The molecule has 0 spiro atoms. The second kappa shape index (κ2) is 12.0. The summed E-state index contributed by atoms with van der Waals surface area (Å²) in [7, 11) is 0. The summed E-state index contributed by atoms with van der Waals surface area (Å²) in [5, 5.41) is 28.2. The molecule has 3 amide bonds.